The first-order valence-electron chi connectivity index (χ1n) is 51.4. The molecule has 3 saturated heterocycles. The van der Waals surface area contributed by atoms with Gasteiger partial charge in [0, 0.05) is 94.6 Å². The molecule has 132 heavy (non-hydrogen) atoms. The SMILES string of the molecule is CC(C)CBr.CC(C)CN1CCC2(CCCC2NC(=O)c2ccccc2)CC1.NC1CCCC12CCCCC2.O=C(Cl)c1ccccc1.O=C(NC1CCCC12CCCCC2)c1ccccc1.O=C(NC1CCCC12CCNCC2)c1ccccc1.O=C1CCCC12CCCCC2.O=C1CCCC12CCNCC2.O=CO[O-].[H-].[K+].[K+].c1ccc(CNC2CCCC23CCCCC3)cc1. The number of halogens is 2. The summed E-state index contributed by atoms with van der Waals surface area (Å²) in [5.74, 6) is 2.96. The minimum atomic E-state index is -0.407. The summed E-state index contributed by atoms with van der Waals surface area (Å²) in [6.45, 7) is 17.7. The molecule has 5 aromatic rings. The Kier molecular flexibility index (Phi) is 52.0. The summed E-state index contributed by atoms with van der Waals surface area (Å²) in [7, 11) is 0. The molecule has 3 amide bonds. The number of Topliss-reactive ketones (excluding diaryl/α,β-unsaturated/α-hetero) is 2. The Balaban J connectivity index is 0.000000207. The molecule has 0 radical (unpaired) electrons. The summed E-state index contributed by atoms with van der Waals surface area (Å²) < 4.78 is 0. The van der Waals surface area contributed by atoms with Crippen molar-refractivity contribution in [2.45, 2.75) is 366 Å². The van der Waals surface area contributed by atoms with Gasteiger partial charge in [0.2, 0.25) is 0 Å². The molecule has 17 nitrogen and oxygen atoms in total. The molecule has 19 rings (SSSR count). The van der Waals surface area contributed by atoms with Crippen LogP contribution in [0.2, 0.25) is 0 Å². The molecular formula is C111H166BrClK2N8O9. The first-order chi connectivity index (χ1) is 63.1. The summed E-state index contributed by atoms with van der Waals surface area (Å²) in [6.07, 6.45) is 60.5. The summed E-state index contributed by atoms with van der Waals surface area (Å²) in [5, 5.41) is 29.7. The Morgan fingerprint density at radius 1 is 0.424 bits per heavy atom. The number of carbonyl (C=O) groups excluding carboxylic acids is 7. The van der Waals surface area contributed by atoms with Crippen LogP contribution in [0.5, 0.6) is 0 Å². The summed E-state index contributed by atoms with van der Waals surface area (Å²) in [6, 6.07) is 50.8. The van der Waals surface area contributed by atoms with Crippen LogP contribution in [-0.2, 0) is 25.8 Å². The smallest absolute Gasteiger partial charge is 1.00 e. The third-order valence-electron chi connectivity index (χ3n) is 32.7. The van der Waals surface area contributed by atoms with Crippen LogP contribution < -0.4 is 146 Å². The average Bonchev–Trinajstić information content (AvgIpc) is 1.65. The Bertz CT molecular complexity index is 3980. The minimum Gasteiger partial charge on any atom is -1.00 e. The van der Waals surface area contributed by atoms with Crippen molar-refractivity contribution < 1.29 is 148 Å². The van der Waals surface area contributed by atoms with E-state index in [0.717, 1.165) is 124 Å². The molecule has 21 heteroatoms. The van der Waals surface area contributed by atoms with E-state index in [4.69, 9.17) is 27.4 Å². The molecule has 5 atom stereocenters. The number of benzene rings is 5. The quantitative estimate of drug-likeness (QED) is 0.0136. The fourth-order valence-corrected chi connectivity index (χ4v) is 25.3. The third kappa shape index (κ3) is 34.9. The predicted molar refractivity (Wildman–Crippen MR) is 533 cm³/mol. The molecule has 0 aromatic heterocycles. The monoisotopic (exact) mass is 1950 g/mol. The molecule has 5 aromatic carbocycles. The van der Waals surface area contributed by atoms with E-state index in [2.05, 4.69) is 116 Å². The first-order valence-corrected chi connectivity index (χ1v) is 52.9. The molecule has 11 saturated carbocycles. The maximum absolute atomic E-state index is 12.5. The van der Waals surface area contributed by atoms with Gasteiger partial charge in [-0.3, -0.25) is 33.6 Å². The zero-order chi connectivity index (χ0) is 92.4. The van der Waals surface area contributed by atoms with Crippen LogP contribution in [-0.4, -0.2) is 127 Å². The topological polar surface area (TPSA) is 253 Å². The van der Waals surface area contributed by atoms with Crippen LogP contribution in [0.3, 0.4) is 0 Å². The van der Waals surface area contributed by atoms with Crippen LogP contribution in [0.4, 0.5) is 0 Å². The van der Waals surface area contributed by atoms with Crippen LogP contribution in [0.15, 0.2) is 152 Å². The van der Waals surface area contributed by atoms with E-state index in [1.807, 2.05) is 97.1 Å². The molecule has 3 aliphatic heterocycles. The zero-order valence-corrected chi connectivity index (χ0v) is 90.7. The summed E-state index contributed by atoms with van der Waals surface area (Å²) in [4.78, 5) is 84.5. The number of alkyl halides is 1. The zero-order valence-electron chi connectivity index (χ0n) is 83.1. The van der Waals surface area contributed by atoms with Gasteiger partial charge in [0.15, 0.2) is 0 Å². The van der Waals surface area contributed by atoms with Gasteiger partial charge in [-0.05, 0) is 312 Å². The van der Waals surface area contributed by atoms with Gasteiger partial charge in [-0.1, -0.05) is 268 Å². The minimum absolute atomic E-state index is 0. The normalized spacial score (nSPS) is 24.2. The van der Waals surface area contributed by atoms with Gasteiger partial charge in [-0.2, -0.15) is 0 Å². The molecule has 14 fully saturated rings. The van der Waals surface area contributed by atoms with E-state index in [1.54, 1.807) is 24.3 Å². The molecule has 7 spiro atoms. The van der Waals surface area contributed by atoms with Gasteiger partial charge < -0.3 is 54.1 Å². The van der Waals surface area contributed by atoms with Crippen molar-refractivity contribution in [3.8, 4) is 0 Å². The van der Waals surface area contributed by atoms with Crippen molar-refractivity contribution in [3.05, 3.63) is 179 Å². The van der Waals surface area contributed by atoms with Gasteiger partial charge in [0.1, 0.15) is 11.6 Å². The second-order valence-electron chi connectivity index (χ2n) is 41.9. The number of ketones is 2. The van der Waals surface area contributed by atoms with E-state index >= 15 is 0 Å². The number of hydrogen-bond acceptors (Lipinski definition) is 14. The van der Waals surface area contributed by atoms with E-state index in [0.29, 0.717) is 68.4 Å². The fourth-order valence-electron chi connectivity index (χ4n) is 25.2. The number of rotatable bonds is 14. The predicted octanol–water partition coefficient (Wildman–Crippen LogP) is 17.1. The second kappa shape index (κ2) is 60.2. The van der Waals surface area contributed by atoms with Gasteiger partial charge >= 0.3 is 103 Å². The Morgan fingerprint density at radius 2 is 0.720 bits per heavy atom. The second-order valence-corrected chi connectivity index (χ2v) is 42.9. The first kappa shape index (κ1) is 114. The standard InChI is InChI=1S/C20H30N2O.C17H23NO.C17H25N.C16H22N2O.C10H19N.C10H16O.C9H15NO.C7H5ClO.C4H9Br.CH2O3.2K.H/c1-16(2)15-22-13-11-20(12-14-22)10-6-9-18(20)21-19(23)17-7-4-3-5-8-17;19-16(14-8-3-1-4-9-14)18-15-10-7-13-17(15)11-5-2-6-12-17;1-3-8-15(9-4-1)14-18-16-10-7-13-17(16)11-5-2-6-12-17;19-15(13-5-2-1-3-6-13)18-14-7-4-8-16(14)9-11-17-12-10-16;2*11-9-5-4-8-10(9)6-2-1-3-7-10;11-8-2-1-3-9(8)4-6-10-7-5-9;8-7(9)6-4-2-1-3-5-6;1-4(2)3-5;2-1-4-3;;;/h3-5,7-8,16,18H,6,9-15H2,1-2H3,(H,21,23);1,3-4,8-9,15H,2,5-7,10-13H2,(H,18,19);1,3-4,8-9,16,18H,2,5-7,10-14H2;1-3,5-6,14,17H,4,7-12H2,(H,18,19);9H,1-8,11H2;1-8H2;10H,1-7H2;1-5H;4H,3H2,1-2H3;1,3H;;;/q;;;;;;;;;;2*+1;-1/p-1. The number of likely N-dealkylation sites (tertiary alicyclic amines) is 1. The number of hydrogen-bond donors (Lipinski definition) is 7. The molecule has 3 heterocycles. The van der Waals surface area contributed by atoms with Gasteiger partial charge in [0.05, 0.1) is 0 Å². The van der Waals surface area contributed by atoms with Crippen molar-refractivity contribution in [1.82, 2.24) is 36.8 Å². The molecule has 5 unspecified atom stereocenters. The maximum atomic E-state index is 12.5. The third-order valence-corrected chi connectivity index (χ3v) is 34.2. The molecule has 11 aliphatic carbocycles. The Hall–Kier alpha value is -3.21. The van der Waals surface area contributed by atoms with Crippen LogP contribution in [0.1, 0.15) is 378 Å². The number of nitrogens with zero attached hydrogens (tertiary/aromatic N) is 1. The number of amides is 3. The Morgan fingerprint density at radius 3 is 1.05 bits per heavy atom. The van der Waals surface area contributed by atoms with E-state index < -0.39 is 5.24 Å². The largest absolute Gasteiger partial charge is 1.00 e. The van der Waals surface area contributed by atoms with Gasteiger partial charge in [-0.15, -0.1) is 0 Å². The van der Waals surface area contributed by atoms with Gasteiger partial charge in [0.25, 0.3) is 29.4 Å². The molecule has 0 bridgehead atoms. The number of piperidine rings is 3. The van der Waals surface area contributed by atoms with Gasteiger partial charge in [-0.25, -0.2) is 0 Å². The Labute approximate surface area is 895 Å². The van der Waals surface area contributed by atoms with Crippen LogP contribution >= 0.6 is 27.5 Å². The van der Waals surface area contributed by atoms with Crippen molar-refractivity contribution in [2.24, 2.45) is 55.5 Å². The van der Waals surface area contributed by atoms with E-state index in [-0.39, 0.29) is 139 Å². The molecule has 720 valence electrons. The van der Waals surface area contributed by atoms with E-state index in [1.165, 1.54) is 276 Å². The number of nitrogens with two attached hydrogens (primary N) is 1. The number of carbonyl (C=O) groups is 7. The average molecular weight is 1950 g/mol. The molecule has 8 N–H and O–H groups in total. The maximum Gasteiger partial charge on any atom is 1.00 e. The van der Waals surface area contributed by atoms with Crippen molar-refractivity contribution in [1.29, 1.82) is 0 Å². The van der Waals surface area contributed by atoms with E-state index in [9.17, 15) is 28.8 Å². The van der Waals surface area contributed by atoms with Crippen LogP contribution in [0.25, 0.3) is 0 Å². The molecular weight excluding hydrogens is 1780 g/mol. The molecule has 14 aliphatic rings. The summed E-state index contributed by atoms with van der Waals surface area (Å²) >= 11 is 8.48. The summed E-state index contributed by atoms with van der Waals surface area (Å²) in [5.41, 5.74) is 13.2. The van der Waals surface area contributed by atoms with Crippen molar-refractivity contribution in [3.63, 3.8) is 0 Å². The van der Waals surface area contributed by atoms with Crippen LogP contribution in [0, 0.1) is 49.7 Å². The number of nitrogens with one attached hydrogen (secondary N) is 6. The van der Waals surface area contributed by atoms with Crippen molar-refractivity contribution in [2.75, 3.05) is 51.1 Å². The fraction of sp³-hybridized carbons (Fsp3) is 0.667. The van der Waals surface area contributed by atoms with Crippen molar-refractivity contribution >= 4 is 68.5 Å².